The van der Waals surface area contributed by atoms with Crippen molar-refractivity contribution >= 4 is 5.69 Å². The monoisotopic (exact) mass is 250 g/mol. The fourth-order valence-corrected chi connectivity index (χ4v) is 2.87. The highest BCUT2D eigenvalue weighted by Crippen LogP contribution is 2.34. The van der Waals surface area contributed by atoms with E-state index in [1.807, 2.05) is 12.1 Å². The molecule has 18 heavy (non-hydrogen) atoms. The average molecular weight is 250 g/mol. The highest BCUT2D eigenvalue weighted by atomic mass is 19.1. The fraction of sp³-hybridized carbons (Fsp3) is 0.600. The lowest BCUT2D eigenvalue weighted by Gasteiger charge is -2.29. The lowest BCUT2D eigenvalue weighted by atomic mass is 10.0. The van der Waals surface area contributed by atoms with Crippen molar-refractivity contribution in [3.63, 3.8) is 0 Å². The number of nitrogens with zero attached hydrogens (tertiary/aromatic N) is 1. The first-order chi connectivity index (χ1) is 8.65. The number of halogens is 1. The van der Waals surface area contributed by atoms with Gasteiger partial charge in [-0.05, 0) is 44.9 Å². The van der Waals surface area contributed by atoms with Crippen molar-refractivity contribution in [1.29, 1.82) is 0 Å². The summed E-state index contributed by atoms with van der Waals surface area (Å²) in [7, 11) is 0. The van der Waals surface area contributed by atoms with Crippen LogP contribution in [0.3, 0.4) is 0 Å². The van der Waals surface area contributed by atoms with Crippen molar-refractivity contribution in [2.45, 2.75) is 45.7 Å². The number of para-hydroxylation sites is 1. The zero-order valence-electron chi connectivity index (χ0n) is 11.5. The van der Waals surface area contributed by atoms with E-state index in [0.29, 0.717) is 6.04 Å². The van der Waals surface area contributed by atoms with Gasteiger partial charge in [-0.25, -0.2) is 4.39 Å². The second-order valence-corrected chi connectivity index (χ2v) is 5.14. The van der Waals surface area contributed by atoms with Crippen molar-refractivity contribution in [2.24, 2.45) is 0 Å². The Hall–Kier alpha value is -1.09. The molecule has 0 saturated carbocycles. The minimum Gasteiger partial charge on any atom is -0.366 e. The molecule has 1 fully saturated rings. The van der Waals surface area contributed by atoms with E-state index in [2.05, 4.69) is 31.0 Å². The molecule has 0 radical (unpaired) electrons. The SMILES string of the molecule is CCNC(C)c1cccc(F)c1N1CCCC1C. The predicted molar refractivity (Wildman–Crippen MR) is 74.5 cm³/mol. The molecule has 0 bridgehead atoms. The summed E-state index contributed by atoms with van der Waals surface area (Å²) in [5, 5.41) is 3.37. The lowest BCUT2D eigenvalue weighted by Crippen LogP contribution is -2.30. The number of anilines is 1. The Labute approximate surface area is 109 Å². The van der Waals surface area contributed by atoms with Crippen LogP contribution in [0.15, 0.2) is 18.2 Å². The molecule has 2 nitrogen and oxygen atoms in total. The Balaban J connectivity index is 2.37. The maximum Gasteiger partial charge on any atom is 0.146 e. The van der Waals surface area contributed by atoms with Crippen molar-refractivity contribution in [3.05, 3.63) is 29.6 Å². The van der Waals surface area contributed by atoms with Gasteiger partial charge in [0.1, 0.15) is 5.82 Å². The third kappa shape index (κ3) is 2.51. The molecular formula is C15H23FN2. The van der Waals surface area contributed by atoms with E-state index in [9.17, 15) is 4.39 Å². The van der Waals surface area contributed by atoms with Gasteiger partial charge in [-0.15, -0.1) is 0 Å². The maximum atomic E-state index is 14.2. The summed E-state index contributed by atoms with van der Waals surface area (Å²) in [6.45, 7) is 8.22. The largest absolute Gasteiger partial charge is 0.366 e. The molecule has 0 aliphatic carbocycles. The van der Waals surface area contributed by atoms with Crippen LogP contribution >= 0.6 is 0 Å². The van der Waals surface area contributed by atoms with Crippen molar-refractivity contribution in [2.75, 3.05) is 18.0 Å². The number of rotatable bonds is 4. The Morgan fingerprint density at radius 3 is 2.89 bits per heavy atom. The van der Waals surface area contributed by atoms with E-state index in [-0.39, 0.29) is 11.9 Å². The van der Waals surface area contributed by atoms with Gasteiger partial charge in [0.05, 0.1) is 5.69 Å². The number of benzene rings is 1. The molecule has 2 atom stereocenters. The van der Waals surface area contributed by atoms with Gasteiger partial charge < -0.3 is 10.2 Å². The molecule has 0 aromatic heterocycles. The molecule has 1 N–H and O–H groups in total. The third-order valence-electron chi connectivity index (χ3n) is 3.84. The minimum atomic E-state index is -0.0917. The van der Waals surface area contributed by atoms with Crippen LogP contribution in [-0.4, -0.2) is 19.1 Å². The van der Waals surface area contributed by atoms with E-state index in [0.717, 1.165) is 37.2 Å². The van der Waals surface area contributed by atoms with Crippen molar-refractivity contribution in [1.82, 2.24) is 5.32 Å². The molecule has 0 spiro atoms. The molecule has 0 amide bonds. The highest BCUT2D eigenvalue weighted by Gasteiger charge is 2.26. The van der Waals surface area contributed by atoms with E-state index in [1.165, 1.54) is 0 Å². The summed E-state index contributed by atoms with van der Waals surface area (Å²) in [6, 6.07) is 6.05. The smallest absolute Gasteiger partial charge is 0.146 e. The average Bonchev–Trinajstić information content (AvgIpc) is 2.75. The van der Waals surface area contributed by atoms with Gasteiger partial charge in [-0.1, -0.05) is 19.1 Å². The summed E-state index contributed by atoms with van der Waals surface area (Å²) >= 11 is 0. The Bertz CT molecular complexity index is 405. The number of hydrogen-bond acceptors (Lipinski definition) is 2. The zero-order chi connectivity index (χ0) is 13.1. The molecule has 1 heterocycles. The van der Waals surface area contributed by atoms with Gasteiger partial charge in [-0.2, -0.15) is 0 Å². The Kier molecular flexibility index (Phi) is 4.23. The zero-order valence-corrected chi connectivity index (χ0v) is 11.5. The molecule has 1 aromatic rings. The molecule has 1 aromatic carbocycles. The summed E-state index contributed by atoms with van der Waals surface area (Å²) < 4.78 is 14.2. The van der Waals surface area contributed by atoms with E-state index >= 15 is 0 Å². The van der Waals surface area contributed by atoms with Crippen LogP contribution in [-0.2, 0) is 0 Å². The molecule has 100 valence electrons. The van der Waals surface area contributed by atoms with Crippen molar-refractivity contribution < 1.29 is 4.39 Å². The van der Waals surface area contributed by atoms with Gasteiger partial charge in [-0.3, -0.25) is 0 Å². The number of hydrogen-bond donors (Lipinski definition) is 1. The molecule has 2 rings (SSSR count). The van der Waals surface area contributed by atoms with Gasteiger partial charge >= 0.3 is 0 Å². The predicted octanol–water partition coefficient (Wildman–Crippen LogP) is 3.48. The van der Waals surface area contributed by atoms with Crippen LogP contribution < -0.4 is 10.2 Å². The van der Waals surface area contributed by atoms with E-state index < -0.39 is 0 Å². The highest BCUT2D eigenvalue weighted by molar-refractivity contribution is 5.57. The van der Waals surface area contributed by atoms with Crippen LogP contribution in [0.5, 0.6) is 0 Å². The third-order valence-corrected chi connectivity index (χ3v) is 3.84. The van der Waals surface area contributed by atoms with Crippen LogP contribution in [0.1, 0.15) is 45.2 Å². The lowest BCUT2D eigenvalue weighted by molar-refractivity contribution is 0.574. The molecular weight excluding hydrogens is 227 g/mol. The normalized spacial score (nSPS) is 21.3. The fourth-order valence-electron chi connectivity index (χ4n) is 2.87. The van der Waals surface area contributed by atoms with Gasteiger partial charge in [0.2, 0.25) is 0 Å². The molecule has 1 aliphatic heterocycles. The molecule has 2 unspecified atom stereocenters. The van der Waals surface area contributed by atoms with Crippen LogP contribution in [0.25, 0.3) is 0 Å². The maximum absolute atomic E-state index is 14.2. The van der Waals surface area contributed by atoms with Crippen LogP contribution in [0, 0.1) is 5.82 Å². The summed E-state index contributed by atoms with van der Waals surface area (Å²) in [4.78, 5) is 2.22. The summed E-state index contributed by atoms with van der Waals surface area (Å²) in [6.07, 6.45) is 2.31. The minimum absolute atomic E-state index is 0.0917. The second-order valence-electron chi connectivity index (χ2n) is 5.14. The molecule has 3 heteroatoms. The first kappa shape index (κ1) is 13.3. The quantitative estimate of drug-likeness (QED) is 0.880. The summed E-state index contributed by atoms with van der Waals surface area (Å²) in [5.41, 5.74) is 1.88. The molecule has 1 saturated heterocycles. The Morgan fingerprint density at radius 2 is 2.28 bits per heavy atom. The van der Waals surface area contributed by atoms with Crippen LogP contribution in [0.4, 0.5) is 10.1 Å². The Morgan fingerprint density at radius 1 is 1.50 bits per heavy atom. The standard InChI is InChI=1S/C15H23FN2/c1-4-17-12(3)13-8-5-9-14(16)15(13)18-10-6-7-11(18)2/h5,8-9,11-12,17H,4,6-7,10H2,1-3H3. The summed E-state index contributed by atoms with van der Waals surface area (Å²) in [5.74, 6) is -0.0917. The van der Waals surface area contributed by atoms with Crippen LogP contribution in [0.2, 0.25) is 0 Å². The van der Waals surface area contributed by atoms with Gasteiger partial charge in [0.25, 0.3) is 0 Å². The first-order valence-electron chi connectivity index (χ1n) is 6.93. The van der Waals surface area contributed by atoms with E-state index in [4.69, 9.17) is 0 Å². The van der Waals surface area contributed by atoms with Gasteiger partial charge in [0, 0.05) is 18.6 Å². The first-order valence-corrected chi connectivity index (χ1v) is 6.93. The molecule has 1 aliphatic rings. The second kappa shape index (κ2) is 5.70. The van der Waals surface area contributed by atoms with Gasteiger partial charge in [0.15, 0.2) is 0 Å². The number of nitrogens with one attached hydrogen (secondary N) is 1. The topological polar surface area (TPSA) is 15.3 Å². The van der Waals surface area contributed by atoms with E-state index in [1.54, 1.807) is 6.07 Å². The van der Waals surface area contributed by atoms with Crippen molar-refractivity contribution in [3.8, 4) is 0 Å².